The van der Waals surface area contributed by atoms with E-state index in [0.717, 1.165) is 79.0 Å². The second-order valence-corrected chi connectivity index (χ2v) is 13.2. The highest BCUT2D eigenvalue weighted by Gasteiger charge is 2.15. The van der Waals surface area contributed by atoms with Crippen molar-refractivity contribution in [1.29, 1.82) is 0 Å². The Kier molecular flexibility index (Phi) is 12.0. The minimum Gasteiger partial charge on any atom is -0.497 e. The van der Waals surface area contributed by atoms with E-state index in [1.807, 2.05) is 84.9 Å². The summed E-state index contributed by atoms with van der Waals surface area (Å²) in [7, 11) is 3.36. The van der Waals surface area contributed by atoms with Gasteiger partial charge in [-0.3, -0.25) is 0 Å². The number of hydrogen-bond acceptors (Lipinski definition) is 6. The molecule has 0 saturated heterocycles. The number of rotatable bonds is 14. The maximum Gasteiger partial charge on any atom is 0.120 e. The third-order valence-corrected chi connectivity index (χ3v) is 9.50. The molecule has 0 heterocycles. The molecule has 0 aliphatic heterocycles. The van der Waals surface area contributed by atoms with Crippen molar-refractivity contribution < 1.29 is 19.7 Å². The number of anilines is 6. The van der Waals surface area contributed by atoms with E-state index >= 15 is 0 Å². The number of aliphatic hydroxyl groups excluding tert-OH is 2. The second kappa shape index (κ2) is 18.0. The van der Waals surface area contributed by atoms with E-state index in [1.165, 1.54) is 0 Å². The number of aliphatic hydroxyl groups is 2. The molecule has 6 heteroatoms. The van der Waals surface area contributed by atoms with Gasteiger partial charge in [-0.2, -0.15) is 0 Å². The Morgan fingerprint density at radius 3 is 1.00 bits per heavy atom. The van der Waals surface area contributed by atoms with E-state index in [9.17, 15) is 10.2 Å². The van der Waals surface area contributed by atoms with Crippen LogP contribution in [0.2, 0.25) is 0 Å². The number of hydrogen-bond donors (Lipinski definition) is 2. The second-order valence-electron chi connectivity index (χ2n) is 13.2. The Morgan fingerprint density at radius 1 is 0.375 bits per heavy atom. The molecule has 7 aromatic carbocycles. The predicted molar refractivity (Wildman–Crippen MR) is 231 cm³/mol. The fourth-order valence-corrected chi connectivity index (χ4v) is 6.55. The van der Waals surface area contributed by atoms with Gasteiger partial charge in [0.15, 0.2) is 0 Å². The third kappa shape index (κ3) is 9.08. The Bertz CT molecular complexity index is 2150. The largest absolute Gasteiger partial charge is 0.497 e. The smallest absolute Gasteiger partial charge is 0.120 e. The quantitative estimate of drug-likeness (QED) is 0.108. The standard InChI is InChI=1S/C50H44N2O4/c1-55-49-13-5-11-47(33-49)52(48-12-6-14-50(34-48)56-2)44-29-25-40(26-30-44)22-20-38-17-15-37(16-18-38)19-21-39-23-27-43(28-24-39)51(45-9-3-7-41(31-45)35-53)46-10-4-8-42(32-46)36-54/h3-34,53-54H,35-36H2,1-2H3/b21-19+,22-20+. The van der Waals surface area contributed by atoms with Crippen LogP contribution in [0.1, 0.15) is 33.4 Å². The van der Waals surface area contributed by atoms with Crippen LogP contribution in [-0.4, -0.2) is 24.4 Å². The van der Waals surface area contributed by atoms with Crippen LogP contribution in [0.15, 0.2) is 170 Å². The van der Waals surface area contributed by atoms with Crippen molar-refractivity contribution >= 4 is 58.4 Å². The lowest BCUT2D eigenvalue weighted by Crippen LogP contribution is -2.10. The van der Waals surface area contributed by atoms with E-state index in [0.29, 0.717) is 0 Å². The van der Waals surface area contributed by atoms with Crippen molar-refractivity contribution in [2.24, 2.45) is 0 Å². The molecule has 7 aromatic rings. The molecule has 0 amide bonds. The number of nitrogens with zero attached hydrogens (tertiary/aromatic N) is 2. The van der Waals surface area contributed by atoms with Gasteiger partial charge < -0.3 is 29.5 Å². The van der Waals surface area contributed by atoms with Crippen LogP contribution in [0.25, 0.3) is 24.3 Å². The predicted octanol–water partition coefficient (Wildman–Crippen LogP) is 12.0. The molecule has 0 bridgehead atoms. The van der Waals surface area contributed by atoms with E-state index < -0.39 is 0 Å². The molecule has 0 aromatic heterocycles. The number of benzene rings is 7. The van der Waals surface area contributed by atoms with E-state index in [4.69, 9.17) is 9.47 Å². The van der Waals surface area contributed by atoms with Crippen LogP contribution in [0.3, 0.4) is 0 Å². The molecular formula is C50H44N2O4. The van der Waals surface area contributed by atoms with Crippen LogP contribution in [-0.2, 0) is 13.2 Å². The van der Waals surface area contributed by atoms with Gasteiger partial charge in [-0.05, 0) is 106 Å². The van der Waals surface area contributed by atoms with Crippen molar-refractivity contribution in [3.05, 3.63) is 203 Å². The number of methoxy groups -OCH3 is 2. The fourth-order valence-electron chi connectivity index (χ4n) is 6.55. The van der Waals surface area contributed by atoms with Gasteiger partial charge in [0.25, 0.3) is 0 Å². The Morgan fingerprint density at radius 2 is 0.679 bits per heavy atom. The third-order valence-electron chi connectivity index (χ3n) is 9.50. The van der Waals surface area contributed by atoms with Gasteiger partial charge in [-0.25, -0.2) is 0 Å². The monoisotopic (exact) mass is 736 g/mol. The molecular weight excluding hydrogens is 693 g/mol. The zero-order chi connectivity index (χ0) is 38.7. The molecule has 0 spiro atoms. The topological polar surface area (TPSA) is 65.4 Å². The van der Waals surface area contributed by atoms with Crippen LogP contribution in [0, 0.1) is 0 Å². The fraction of sp³-hybridized carbons (Fsp3) is 0.0800. The lowest BCUT2D eigenvalue weighted by Gasteiger charge is -2.26. The summed E-state index contributed by atoms with van der Waals surface area (Å²) in [5.74, 6) is 1.58. The maximum absolute atomic E-state index is 9.78. The maximum atomic E-state index is 9.78. The summed E-state index contributed by atoms with van der Waals surface area (Å²) >= 11 is 0. The summed E-state index contributed by atoms with van der Waals surface area (Å²) in [6.07, 6.45) is 8.48. The first kappa shape index (κ1) is 37.5. The van der Waals surface area contributed by atoms with E-state index in [2.05, 4.69) is 119 Å². The van der Waals surface area contributed by atoms with Crippen molar-refractivity contribution in [3.8, 4) is 11.5 Å². The van der Waals surface area contributed by atoms with Crippen molar-refractivity contribution in [2.75, 3.05) is 24.0 Å². The molecule has 0 aliphatic carbocycles. The van der Waals surface area contributed by atoms with Crippen molar-refractivity contribution in [1.82, 2.24) is 0 Å². The molecule has 0 saturated carbocycles. The minimum atomic E-state index is -0.0367. The first-order valence-electron chi connectivity index (χ1n) is 18.5. The lowest BCUT2D eigenvalue weighted by atomic mass is 10.1. The van der Waals surface area contributed by atoms with Crippen LogP contribution >= 0.6 is 0 Å². The summed E-state index contributed by atoms with van der Waals surface area (Å²) in [6, 6.07) is 57.2. The van der Waals surface area contributed by atoms with Gasteiger partial charge in [0.05, 0.1) is 27.4 Å². The highest BCUT2D eigenvalue weighted by Crippen LogP contribution is 2.38. The van der Waals surface area contributed by atoms with E-state index in [-0.39, 0.29) is 13.2 Å². The Hall–Kier alpha value is -6.86. The summed E-state index contributed by atoms with van der Waals surface area (Å²) in [5, 5.41) is 19.6. The first-order valence-corrected chi connectivity index (χ1v) is 18.5. The summed E-state index contributed by atoms with van der Waals surface area (Å²) in [5.41, 5.74) is 11.9. The summed E-state index contributed by atoms with van der Waals surface area (Å²) in [4.78, 5) is 4.32. The molecule has 56 heavy (non-hydrogen) atoms. The molecule has 2 N–H and O–H groups in total. The molecule has 0 atom stereocenters. The zero-order valence-corrected chi connectivity index (χ0v) is 31.5. The van der Waals surface area contributed by atoms with Crippen molar-refractivity contribution in [2.45, 2.75) is 13.2 Å². The van der Waals surface area contributed by atoms with Gasteiger partial charge >= 0.3 is 0 Å². The normalized spacial score (nSPS) is 11.2. The molecule has 6 nitrogen and oxygen atoms in total. The van der Waals surface area contributed by atoms with Gasteiger partial charge in [0.2, 0.25) is 0 Å². The first-order chi connectivity index (χ1) is 27.5. The van der Waals surface area contributed by atoms with Gasteiger partial charge in [-0.15, -0.1) is 0 Å². The van der Waals surface area contributed by atoms with Crippen LogP contribution in [0.4, 0.5) is 34.1 Å². The Labute approximate surface area is 329 Å². The zero-order valence-electron chi connectivity index (χ0n) is 31.5. The average molecular weight is 737 g/mol. The lowest BCUT2D eigenvalue weighted by molar-refractivity contribution is 0.282. The Balaban J connectivity index is 1.04. The number of ether oxygens (including phenoxy) is 2. The van der Waals surface area contributed by atoms with Gasteiger partial charge in [0.1, 0.15) is 11.5 Å². The average Bonchev–Trinajstić information content (AvgIpc) is 3.26. The highest BCUT2D eigenvalue weighted by atomic mass is 16.5. The molecule has 0 aliphatic rings. The summed E-state index contributed by atoms with van der Waals surface area (Å²) < 4.78 is 11.1. The van der Waals surface area contributed by atoms with Gasteiger partial charge in [-0.1, -0.05) is 109 Å². The molecule has 0 radical (unpaired) electrons. The minimum absolute atomic E-state index is 0.0367. The molecule has 278 valence electrons. The van der Waals surface area contributed by atoms with Gasteiger partial charge in [0, 0.05) is 46.3 Å². The molecule has 7 rings (SSSR count). The van der Waals surface area contributed by atoms with E-state index in [1.54, 1.807) is 14.2 Å². The van der Waals surface area contributed by atoms with Crippen molar-refractivity contribution in [3.63, 3.8) is 0 Å². The van der Waals surface area contributed by atoms with Crippen LogP contribution < -0.4 is 19.3 Å². The summed E-state index contributed by atoms with van der Waals surface area (Å²) in [6.45, 7) is -0.0734. The SMILES string of the molecule is COc1cccc(N(c2ccc(/C=C/c3ccc(/C=C/c4ccc(N(c5cccc(CO)c5)c5cccc(CO)c5)cc4)cc3)cc2)c2cccc(OC)c2)c1. The molecule has 0 unspecified atom stereocenters. The van der Waals surface area contributed by atoms with Crippen LogP contribution in [0.5, 0.6) is 11.5 Å². The molecule has 0 fully saturated rings. The highest BCUT2D eigenvalue weighted by molar-refractivity contribution is 5.81.